The number of nitrogens with one attached hydrogen (secondary N) is 3. The van der Waals surface area contributed by atoms with Crippen LogP contribution in [0.25, 0.3) is 11.0 Å². The number of furan rings is 1. The number of amides is 1. The highest BCUT2D eigenvalue weighted by atomic mass is 127. The molecule has 0 aliphatic rings. The van der Waals surface area contributed by atoms with E-state index in [4.69, 9.17) is 4.42 Å². The van der Waals surface area contributed by atoms with Crippen LogP contribution >= 0.6 is 24.0 Å². The summed E-state index contributed by atoms with van der Waals surface area (Å²) in [7, 11) is 1.75. The minimum absolute atomic E-state index is 0. The van der Waals surface area contributed by atoms with Crippen LogP contribution in [0.5, 0.6) is 0 Å². The number of anilines is 1. The fourth-order valence-corrected chi connectivity index (χ4v) is 3.69. The van der Waals surface area contributed by atoms with Gasteiger partial charge < -0.3 is 24.9 Å². The lowest BCUT2D eigenvalue weighted by atomic mass is 10.2. The molecule has 4 aromatic rings. The minimum atomic E-state index is -0.275. The van der Waals surface area contributed by atoms with E-state index in [1.165, 1.54) is 6.26 Å². The second kappa shape index (κ2) is 12.2. The van der Waals surface area contributed by atoms with Gasteiger partial charge in [-0.2, -0.15) is 0 Å². The standard InChI is InChI=1S/C25H28N6O2.HI/c1-18-29-21-10-3-4-11-22(21)31(18)14-7-13-27-25(26-2)28-17-19-8-5-9-20(16-19)30-24(32)23-12-6-15-33-23;/h3-6,8-12,15-16H,7,13-14,17H2,1-2H3,(H,30,32)(H2,26,27,28);1H. The monoisotopic (exact) mass is 572 g/mol. The predicted octanol–water partition coefficient (Wildman–Crippen LogP) is 4.56. The molecule has 9 heteroatoms. The molecule has 178 valence electrons. The second-order valence-electron chi connectivity index (χ2n) is 7.64. The number of aryl methyl sites for hydroxylation is 2. The molecule has 34 heavy (non-hydrogen) atoms. The number of halogens is 1. The van der Waals surface area contributed by atoms with Gasteiger partial charge in [-0.25, -0.2) is 4.98 Å². The van der Waals surface area contributed by atoms with Crippen molar-refractivity contribution in [1.29, 1.82) is 0 Å². The number of para-hydroxylation sites is 2. The number of hydrogen-bond acceptors (Lipinski definition) is 4. The molecule has 0 saturated heterocycles. The third-order valence-corrected chi connectivity index (χ3v) is 5.31. The van der Waals surface area contributed by atoms with E-state index < -0.39 is 0 Å². The highest BCUT2D eigenvalue weighted by Crippen LogP contribution is 2.16. The second-order valence-corrected chi connectivity index (χ2v) is 7.64. The average molecular weight is 572 g/mol. The zero-order valence-electron chi connectivity index (χ0n) is 19.2. The maximum atomic E-state index is 12.2. The smallest absolute Gasteiger partial charge is 0.291 e. The first-order valence-electron chi connectivity index (χ1n) is 10.9. The number of imidazole rings is 1. The SMILES string of the molecule is CN=C(NCCCn1c(C)nc2ccccc21)NCc1cccc(NC(=O)c2ccco2)c1.I. The molecule has 3 N–H and O–H groups in total. The van der Waals surface area contributed by atoms with E-state index in [1.54, 1.807) is 19.2 Å². The summed E-state index contributed by atoms with van der Waals surface area (Å²) in [5.74, 6) is 1.76. The number of guanidine groups is 1. The van der Waals surface area contributed by atoms with E-state index in [2.05, 4.69) is 36.6 Å². The highest BCUT2D eigenvalue weighted by molar-refractivity contribution is 14.0. The van der Waals surface area contributed by atoms with E-state index in [0.717, 1.165) is 47.9 Å². The van der Waals surface area contributed by atoms with Gasteiger partial charge in [0.1, 0.15) is 5.82 Å². The molecule has 0 radical (unpaired) electrons. The third kappa shape index (κ3) is 6.37. The molecule has 0 bridgehead atoms. The third-order valence-electron chi connectivity index (χ3n) is 5.31. The van der Waals surface area contributed by atoms with Crippen molar-refractivity contribution < 1.29 is 9.21 Å². The molecule has 8 nitrogen and oxygen atoms in total. The van der Waals surface area contributed by atoms with E-state index in [0.29, 0.717) is 12.2 Å². The first kappa shape index (κ1) is 25.3. The Morgan fingerprint density at radius 2 is 1.94 bits per heavy atom. The molecule has 0 aliphatic heterocycles. The van der Waals surface area contributed by atoms with Crippen LogP contribution in [0.3, 0.4) is 0 Å². The molecule has 2 heterocycles. The van der Waals surface area contributed by atoms with Crippen molar-refractivity contribution in [2.75, 3.05) is 18.9 Å². The fourth-order valence-electron chi connectivity index (χ4n) is 3.69. The summed E-state index contributed by atoms with van der Waals surface area (Å²) in [6.07, 6.45) is 2.42. The molecular weight excluding hydrogens is 543 g/mol. The molecule has 0 saturated carbocycles. The van der Waals surface area contributed by atoms with Crippen LogP contribution in [0.2, 0.25) is 0 Å². The molecule has 0 atom stereocenters. The lowest BCUT2D eigenvalue weighted by Gasteiger charge is -2.13. The maximum absolute atomic E-state index is 12.2. The number of benzene rings is 2. The van der Waals surface area contributed by atoms with E-state index in [1.807, 2.05) is 49.4 Å². The van der Waals surface area contributed by atoms with Gasteiger partial charge in [-0.05, 0) is 55.3 Å². The zero-order chi connectivity index (χ0) is 23.0. The molecule has 4 rings (SSSR count). The Kier molecular flexibility index (Phi) is 9.08. The molecule has 2 aromatic heterocycles. The van der Waals surface area contributed by atoms with Gasteiger partial charge in [0.2, 0.25) is 0 Å². The molecular formula is C25H29IN6O2. The van der Waals surface area contributed by atoms with Crippen molar-refractivity contribution in [2.45, 2.75) is 26.4 Å². The number of aliphatic imine (C=N–C) groups is 1. The molecule has 0 spiro atoms. The quantitative estimate of drug-likeness (QED) is 0.125. The largest absolute Gasteiger partial charge is 0.459 e. The molecule has 1 amide bonds. The van der Waals surface area contributed by atoms with Crippen molar-refractivity contribution in [3.8, 4) is 0 Å². The molecule has 2 aromatic carbocycles. The van der Waals surface area contributed by atoms with E-state index in [9.17, 15) is 4.79 Å². The Labute approximate surface area is 215 Å². The van der Waals surface area contributed by atoms with Crippen molar-refractivity contribution >= 4 is 52.6 Å². The van der Waals surface area contributed by atoms with Crippen molar-refractivity contribution in [1.82, 2.24) is 20.2 Å². The Morgan fingerprint density at radius 1 is 1.09 bits per heavy atom. The summed E-state index contributed by atoms with van der Waals surface area (Å²) in [6, 6.07) is 19.2. The van der Waals surface area contributed by atoms with Gasteiger partial charge >= 0.3 is 0 Å². The highest BCUT2D eigenvalue weighted by Gasteiger charge is 2.09. The lowest BCUT2D eigenvalue weighted by molar-refractivity contribution is 0.0996. The van der Waals surface area contributed by atoms with Crippen molar-refractivity contribution in [3.63, 3.8) is 0 Å². The summed E-state index contributed by atoms with van der Waals surface area (Å²) in [5.41, 5.74) is 3.93. The van der Waals surface area contributed by atoms with Crippen molar-refractivity contribution in [2.24, 2.45) is 4.99 Å². The average Bonchev–Trinajstić information content (AvgIpc) is 3.47. The summed E-state index contributed by atoms with van der Waals surface area (Å²) in [5, 5.41) is 9.52. The lowest BCUT2D eigenvalue weighted by Crippen LogP contribution is -2.37. The van der Waals surface area contributed by atoms with Crippen LogP contribution in [0.15, 0.2) is 76.3 Å². The Morgan fingerprint density at radius 3 is 2.74 bits per heavy atom. The number of rotatable bonds is 8. The van der Waals surface area contributed by atoms with Crippen LogP contribution < -0.4 is 16.0 Å². The minimum Gasteiger partial charge on any atom is -0.459 e. The number of fused-ring (bicyclic) bond motifs is 1. The Bertz CT molecular complexity index is 1250. The van der Waals surface area contributed by atoms with E-state index >= 15 is 0 Å². The van der Waals surface area contributed by atoms with Gasteiger partial charge in [0.05, 0.1) is 17.3 Å². The van der Waals surface area contributed by atoms with E-state index in [-0.39, 0.29) is 35.6 Å². The Balaban J connectivity index is 0.00000324. The number of hydrogen-bond donors (Lipinski definition) is 3. The summed E-state index contributed by atoms with van der Waals surface area (Å²) in [4.78, 5) is 21.1. The van der Waals surface area contributed by atoms with Crippen LogP contribution in [-0.4, -0.2) is 35.0 Å². The van der Waals surface area contributed by atoms with Crippen LogP contribution in [0, 0.1) is 6.92 Å². The first-order chi connectivity index (χ1) is 16.1. The van der Waals surface area contributed by atoms with Gasteiger partial charge in [-0.3, -0.25) is 9.79 Å². The molecule has 0 aliphatic carbocycles. The van der Waals surface area contributed by atoms with Crippen LogP contribution in [0.4, 0.5) is 5.69 Å². The summed E-state index contributed by atoms with van der Waals surface area (Å²) < 4.78 is 7.38. The van der Waals surface area contributed by atoms with Gasteiger partial charge in [0, 0.05) is 32.4 Å². The Hall–Kier alpha value is -3.34. The van der Waals surface area contributed by atoms with Crippen LogP contribution in [-0.2, 0) is 13.1 Å². The number of nitrogens with zero attached hydrogens (tertiary/aromatic N) is 3. The van der Waals surface area contributed by atoms with Gasteiger partial charge in [-0.1, -0.05) is 24.3 Å². The van der Waals surface area contributed by atoms with Crippen LogP contribution in [0.1, 0.15) is 28.4 Å². The normalized spacial score (nSPS) is 11.2. The van der Waals surface area contributed by atoms with Gasteiger partial charge in [0.25, 0.3) is 5.91 Å². The number of aromatic nitrogens is 2. The molecule has 0 unspecified atom stereocenters. The zero-order valence-corrected chi connectivity index (χ0v) is 21.6. The number of carbonyl (C=O) groups excluding carboxylic acids is 1. The first-order valence-corrected chi connectivity index (χ1v) is 10.9. The molecule has 0 fully saturated rings. The fraction of sp³-hybridized carbons (Fsp3) is 0.240. The van der Waals surface area contributed by atoms with Crippen molar-refractivity contribution in [3.05, 3.63) is 84.1 Å². The topological polar surface area (TPSA) is 96.5 Å². The van der Waals surface area contributed by atoms with Gasteiger partial charge in [0.15, 0.2) is 11.7 Å². The summed E-state index contributed by atoms with van der Waals surface area (Å²) >= 11 is 0. The maximum Gasteiger partial charge on any atom is 0.291 e. The number of carbonyl (C=O) groups is 1. The predicted molar refractivity (Wildman–Crippen MR) is 146 cm³/mol. The van der Waals surface area contributed by atoms with Gasteiger partial charge in [-0.15, -0.1) is 24.0 Å². The summed E-state index contributed by atoms with van der Waals surface area (Å²) in [6.45, 7) is 4.28.